The Labute approximate surface area is 106 Å². The van der Waals surface area contributed by atoms with Crippen molar-refractivity contribution in [2.24, 2.45) is 0 Å². The third-order valence-corrected chi connectivity index (χ3v) is 3.25. The molecule has 3 heterocycles. The third kappa shape index (κ3) is 2.30. The Balaban J connectivity index is 1.74. The van der Waals surface area contributed by atoms with Crippen molar-refractivity contribution in [1.82, 2.24) is 24.5 Å². The minimum atomic E-state index is 0.671. The number of hydrogen-bond acceptors (Lipinski definition) is 5. The van der Waals surface area contributed by atoms with Gasteiger partial charge in [0, 0.05) is 32.4 Å². The van der Waals surface area contributed by atoms with Crippen molar-refractivity contribution < 1.29 is 0 Å². The van der Waals surface area contributed by atoms with Crippen molar-refractivity contribution in [2.45, 2.75) is 6.92 Å². The molecule has 1 aliphatic rings. The topological polar surface area (TPSA) is 48.7 Å². The zero-order valence-corrected chi connectivity index (χ0v) is 10.8. The second-order valence-corrected chi connectivity index (χ2v) is 4.84. The van der Waals surface area contributed by atoms with E-state index in [1.54, 1.807) is 4.52 Å². The van der Waals surface area contributed by atoms with Crippen LogP contribution in [0.1, 0.15) is 5.56 Å². The van der Waals surface area contributed by atoms with Crippen LogP contribution in [-0.4, -0.2) is 57.7 Å². The van der Waals surface area contributed by atoms with Crippen molar-refractivity contribution in [1.29, 1.82) is 0 Å². The molecule has 0 spiro atoms. The molecule has 18 heavy (non-hydrogen) atoms. The van der Waals surface area contributed by atoms with Gasteiger partial charge in [0.2, 0.25) is 0 Å². The van der Waals surface area contributed by atoms with Gasteiger partial charge in [-0.1, -0.05) is 0 Å². The molecule has 1 fully saturated rings. The summed E-state index contributed by atoms with van der Waals surface area (Å²) in [6.45, 7) is 6.18. The zero-order valence-electron chi connectivity index (χ0n) is 10.8. The van der Waals surface area contributed by atoms with Gasteiger partial charge in [-0.3, -0.25) is 5.43 Å². The number of anilines is 1. The minimum Gasteiger partial charge on any atom is -0.304 e. The first kappa shape index (κ1) is 11.4. The number of aromatic nitrogens is 3. The molecule has 0 atom stereocenters. The molecule has 0 aliphatic carbocycles. The third-order valence-electron chi connectivity index (χ3n) is 3.25. The first-order valence-electron chi connectivity index (χ1n) is 6.24. The smallest absolute Gasteiger partial charge is 0.257 e. The molecule has 96 valence electrons. The standard InChI is InChI=1S/C12H18N6/c1-10-3-4-18-11(9-10)13-12(15-18)14-17-7-5-16(2)6-8-17/h3-4,9H,5-8H2,1-2H3,(H,14,15). The molecule has 0 aromatic carbocycles. The van der Waals surface area contributed by atoms with E-state index in [-0.39, 0.29) is 0 Å². The van der Waals surface area contributed by atoms with Crippen LogP contribution >= 0.6 is 0 Å². The van der Waals surface area contributed by atoms with Crippen molar-refractivity contribution in [3.63, 3.8) is 0 Å². The summed E-state index contributed by atoms with van der Waals surface area (Å²) < 4.78 is 1.80. The van der Waals surface area contributed by atoms with Crippen LogP contribution in [0.4, 0.5) is 5.95 Å². The number of hydrazine groups is 1. The number of likely N-dealkylation sites (N-methyl/N-ethyl adjacent to an activating group) is 1. The number of nitrogens with zero attached hydrogens (tertiary/aromatic N) is 5. The van der Waals surface area contributed by atoms with Gasteiger partial charge in [-0.25, -0.2) is 9.52 Å². The first-order valence-corrected chi connectivity index (χ1v) is 6.24. The van der Waals surface area contributed by atoms with Gasteiger partial charge in [0.25, 0.3) is 5.95 Å². The van der Waals surface area contributed by atoms with Crippen molar-refractivity contribution in [2.75, 3.05) is 38.7 Å². The highest BCUT2D eigenvalue weighted by molar-refractivity contribution is 5.44. The molecule has 0 saturated carbocycles. The molecule has 0 radical (unpaired) electrons. The van der Waals surface area contributed by atoms with E-state index in [2.05, 4.69) is 39.4 Å². The second-order valence-electron chi connectivity index (χ2n) is 4.84. The Kier molecular flexibility index (Phi) is 2.89. The highest BCUT2D eigenvalue weighted by Crippen LogP contribution is 2.09. The fourth-order valence-corrected chi connectivity index (χ4v) is 2.09. The normalized spacial score (nSPS) is 18.3. The highest BCUT2D eigenvalue weighted by Gasteiger charge is 2.15. The molecule has 6 heteroatoms. The van der Waals surface area contributed by atoms with E-state index >= 15 is 0 Å². The first-order chi connectivity index (χ1) is 8.70. The summed E-state index contributed by atoms with van der Waals surface area (Å²) in [7, 11) is 2.14. The summed E-state index contributed by atoms with van der Waals surface area (Å²) in [5.74, 6) is 0.671. The fourth-order valence-electron chi connectivity index (χ4n) is 2.09. The zero-order chi connectivity index (χ0) is 12.5. The molecule has 0 unspecified atom stereocenters. The Morgan fingerprint density at radius 3 is 2.78 bits per heavy atom. The lowest BCUT2D eigenvalue weighted by Crippen LogP contribution is -2.47. The van der Waals surface area contributed by atoms with Gasteiger partial charge < -0.3 is 4.90 Å². The Morgan fingerprint density at radius 1 is 1.22 bits per heavy atom. The van der Waals surface area contributed by atoms with Gasteiger partial charge in [-0.15, -0.1) is 5.10 Å². The van der Waals surface area contributed by atoms with Gasteiger partial charge in [0.15, 0.2) is 5.65 Å². The lowest BCUT2D eigenvalue weighted by atomic mass is 10.3. The van der Waals surface area contributed by atoms with Gasteiger partial charge in [-0.05, 0) is 31.7 Å². The summed E-state index contributed by atoms with van der Waals surface area (Å²) in [4.78, 5) is 6.79. The Bertz CT molecular complexity index is 540. The minimum absolute atomic E-state index is 0.671. The molecular weight excluding hydrogens is 228 g/mol. The Morgan fingerprint density at radius 2 is 2.00 bits per heavy atom. The predicted molar refractivity (Wildman–Crippen MR) is 70.4 cm³/mol. The van der Waals surface area contributed by atoms with E-state index in [4.69, 9.17) is 0 Å². The largest absolute Gasteiger partial charge is 0.304 e. The van der Waals surface area contributed by atoms with Crippen molar-refractivity contribution >= 4 is 11.6 Å². The summed E-state index contributed by atoms with van der Waals surface area (Å²) in [5, 5.41) is 6.57. The van der Waals surface area contributed by atoms with Crippen LogP contribution in [0.3, 0.4) is 0 Å². The molecule has 1 N–H and O–H groups in total. The number of aryl methyl sites for hydroxylation is 1. The van der Waals surface area contributed by atoms with Crippen LogP contribution in [0.25, 0.3) is 5.65 Å². The van der Waals surface area contributed by atoms with Gasteiger partial charge in [0.1, 0.15) is 0 Å². The van der Waals surface area contributed by atoms with Crippen LogP contribution in [0.15, 0.2) is 18.3 Å². The molecular formula is C12H18N6. The molecule has 2 aromatic rings. The SMILES string of the molecule is Cc1ccn2nc(NN3CCN(C)CC3)nc2c1. The predicted octanol–water partition coefficient (Wildman–Crippen LogP) is 0.612. The van der Waals surface area contributed by atoms with Gasteiger partial charge >= 0.3 is 0 Å². The second kappa shape index (κ2) is 4.55. The molecule has 0 amide bonds. The Hall–Kier alpha value is -1.66. The fraction of sp³-hybridized carbons (Fsp3) is 0.500. The summed E-state index contributed by atoms with van der Waals surface area (Å²) >= 11 is 0. The van der Waals surface area contributed by atoms with Crippen LogP contribution in [0.5, 0.6) is 0 Å². The number of rotatable bonds is 2. The maximum atomic E-state index is 4.47. The maximum absolute atomic E-state index is 4.47. The van der Waals surface area contributed by atoms with E-state index in [0.29, 0.717) is 5.95 Å². The molecule has 1 aliphatic heterocycles. The lowest BCUT2D eigenvalue weighted by Gasteiger charge is -2.31. The summed E-state index contributed by atoms with van der Waals surface area (Å²) in [5.41, 5.74) is 5.35. The highest BCUT2D eigenvalue weighted by atomic mass is 15.6. The molecule has 1 saturated heterocycles. The molecule has 3 rings (SSSR count). The molecule has 2 aromatic heterocycles. The van der Waals surface area contributed by atoms with Crippen LogP contribution < -0.4 is 5.43 Å². The van der Waals surface area contributed by atoms with Gasteiger partial charge in [0.05, 0.1) is 0 Å². The average Bonchev–Trinajstić information content (AvgIpc) is 2.73. The number of piperazine rings is 1. The maximum Gasteiger partial charge on any atom is 0.257 e. The van der Waals surface area contributed by atoms with E-state index in [1.807, 2.05) is 18.3 Å². The van der Waals surface area contributed by atoms with Crippen LogP contribution in [0, 0.1) is 6.92 Å². The number of pyridine rings is 1. The van der Waals surface area contributed by atoms with E-state index in [1.165, 1.54) is 5.56 Å². The number of fused-ring (bicyclic) bond motifs is 1. The van der Waals surface area contributed by atoms with E-state index in [0.717, 1.165) is 31.8 Å². The average molecular weight is 246 g/mol. The van der Waals surface area contributed by atoms with Crippen molar-refractivity contribution in [3.8, 4) is 0 Å². The number of hydrogen-bond donors (Lipinski definition) is 1. The van der Waals surface area contributed by atoms with E-state index < -0.39 is 0 Å². The van der Waals surface area contributed by atoms with Gasteiger partial charge in [-0.2, -0.15) is 4.98 Å². The van der Waals surface area contributed by atoms with Crippen LogP contribution in [-0.2, 0) is 0 Å². The molecule has 0 bridgehead atoms. The summed E-state index contributed by atoms with van der Waals surface area (Å²) in [6.07, 6.45) is 1.94. The van der Waals surface area contributed by atoms with E-state index in [9.17, 15) is 0 Å². The van der Waals surface area contributed by atoms with Crippen molar-refractivity contribution in [3.05, 3.63) is 23.9 Å². The van der Waals surface area contributed by atoms with Crippen LogP contribution in [0.2, 0.25) is 0 Å². The number of nitrogens with one attached hydrogen (secondary N) is 1. The quantitative estimate of drug-likeness (QED) is 0.841. The monoisotopic (exact) mass is 246 g/mol. The lowest BCUT2D eigenvalue weighted by molar-refractivity contribution is 0.178. The molecule has 6 nitrogen and oxygen atoms in total. The summed E-state index contributed by atoms with van der Waals surface area (Å²) in [6, 6.07) is 4.06.